The van der Waals surface area contributed by atoms with E-state index in [9.17, 15) is 4.79 Å². The normalized spacial score (nSPS) is 12.2. The van der Waals surface area contributed by atoms with Gasteiger partial charge in [-0.3, -0.25) is 0 Å². The van der Waals surface area contributed by atoms with Gasteiger partial charge >= 0.3 is 5.97 Å². The van der Waals surface area contributed by atoms with Crippen molar-refractivity contribution in [1.82, 2.24) is 0 Å². The van der Waals surface area contributed by atoms with Gasteiger partial charge in [-0.1, -0.05) is 6.92 Å². The Morgan fingerprint density at radius 3 is 2.62 bits per heavy atom. The van der Waals surface area contributed by atoms with Crippen molar-refractivity contribution in [2.24, 2.45) is 0 Å². The number of rotatable bonds is 5. The second-order valence-corrected chi connectivity index (χ2v) is 3.77. The predicted octanol–water partition coefficient (Wildman–Crippen LogP) is 1.88. The van der Waals surface area contributed by atoms with Crippen LogP contribution >= 0.6 is 0 Å². The molecular weight excluding hydrogens is 206 g/mol. The summed E-state index contributed by atoms with van der Waals surface area (Å²) in [5.74, 6) is -0.927. The third-order valence-corrected chi connectivity index (χ3v) is 2.55. The summed E-state index contributed by atoms with van der Waals surface area (Å²) in [5, 5.41) is 21.0. The molecule has 1 aromatic rings. The van der Waals surface area contributed by atoms with Crippen molar-refractivity contribution in [2.75, 3.05) is 11.9 Å². The molecule has 0 saturated heterocycles. The van der Waals surface area contributed by atoms with E-state index < -0.39 is 5.97 Å². The Balaban J connectivity index is 2.86. The molecule has 1 unspecified atom stereocenters. The summed E-state index contributed by atoms with van der Waals surface area (Å²) in [7, 11) is 0. The minimum Gasteiger partial charge on any atom is -0.478 e. The average molecular weight is 223 g/mol. The number of nitrogens with one attached hydrogen (secondary N) is 1. The molecule has 4 heteroatoms. The van der Waals surface area contributed by atoms with E-state index in [0.717, 1.165) is 17.7 Å². The first kappa shape index (κ1) is 12.5. The van der Waals surface area contributed by atoms with Crippen LogP contribution in [0.25, 0.3) is 0 Å². The van der Waals surface area contributed by atoms with Gasteiger partial charge in [0.2, 0.25) is 0 Å². The first-order valence-corrected chi connectivity index (χ1v) is 5.29. The number of benzene rings is 1. The van der Waals surface area contributed by atoms with E-state index in [1.165, 1.54) is 0 Å². The van der Waals surface area contributed by atoms with Gasteiger partial charge in [0, 0.05) is 11.7 Å². The second kappa shape index (κ2) is 5.51. The van der Waals surface area contributed by atoms with Crippen LogP contribution in [-0.4, -0.2) is 28.8 Å². The maximum Gasteiger partial charge on any atom is 0.335 e. The zero-order valence-corrected chi connectivity index (χ0v) is 9.53. The molecular formula is C12H17NO3. The van der Waals surface area contributed by atoms with Gasteiger partial charge in [0.25, 0.3) is 0 Å². The van der Waals surface area contributed by atoms with E-state index in [0.29, 0.717) is 0 Å². The molecule has 0 aromatic heterocycles. The number of anilines is 1. The summed E-state index contributed by atoms with van der Waals surface area (Å²) in [6, 6.07) is 4.92. The number of carboxylic acid groups (broad SMARTS) is 1. The zero-order valence-electron chi connectivity index (χ0n) is 9.53. The second-order valence-electron chi connectivity index (χ2n) is 3.77. The summed E-state index contributed by atoms with van der Waals surface area (Å²) in [5.41, 5.74) is 2.01. The number of carboxylic acids is 1. The molecule has 0 aliphatic heterocycles. The Morgan fingerprint density at radius 2 is 2.19 bits per heavy atom. The number of carbonyl (C=O) groups is 1. The summed E-state index contributed by atoms with van der Waals surface area (Å²) < 4.78 is 0. The van der Waals surface area contributed by atoms with Crippen molar-refractivity contribution >= 4 is 11.7 Å². The van der Waals surface area contributed by atoms with Gasteiger partial charge in [0.1, 0.15) is 0 Å². The van der Waals surface area contributed by atoms with Crippen molar-refractivity contribution in [2.45, 2.75) is 26.3 Å². The number of aliphatic hydroxyl groups is 1. The number of hydrogen-bond acceptors (Lipinski definition) is 3. The van der Waals surface area contributed by atoms with Crippen LogP contribution in [0.4, 0.5) is 5.69 Å². The molecule has 0 aliphatic rings. The van der Waals surface area contributed by atoms with Crippen molar-refractivity contribution in [3.05, 3.63) is 29.3 Å². The number of aryl methyl sites for hydroxylation is 1. The summed E-state index contributed by atoms with van der Waals surface area (Å²) in [6.07, 6.45) is 0.816. The Kier molecular flexibility index (Phi) is 4.31. The van der Waals surface area contributed by atoms with Gasteiger partial charge < -0.3 is 15.5 Å². The highest BCUT2D eigenvalue weighted by Gasteiger charge is 2.08. The fourth-order valence-electron chi connectivity index (χ4n) is 1.46. The fourth-order valence-corrected chi connectivity index (χ4v) is 1.46. The molecule has 1 rings (SSSR count). The molecule has 0 radical (unpaired) electrons. The summed E-state index contributed by atoms with van der Waals surface area (Å²) in [6.45, 7) is 3.89. The first-order valence-electron chi connectivity index (χ1n) is 5.29. The average Bonchev–Trinajstić information content (AvgIpc) is 2.27. The van der Waals surface area contributed by atoms with Gasteiger partial charge in [-0.15, -0.1) is 0 Å². The van der Waals surface area contributed by atoms with Crippen LogP contribution in [0.2, 0.25) is 0 Å². The Hall–Kier alpha value is -1.55. The predicted molar refractivity (Wildman–Crippen MR) is 62.9 cm³/mol. The molecule has 0 spiro atoms. The maximum absolute atomic E-state index is 10.7. The van der Waals surface area contributed by atoms with Gasteiger partial charge in [0.15, 0.2) is 0 Å². The molecule has 1 aromatic carbocycles. The fraction of sp³-hybridized carbons (Fsp3) is 0.417. The number of aliphatic hydroxyl groups excluding tert-OH is 1. The van der Waals surface area contributed by atoms with Crippen molar-refractivity contribution in [3.8, 4) is 0 Å². The molecule has 0 aliphatic carbocycles. The molecule has 0 fully saturated rings. The largest absolute Gasteiger partial charge is 0.478 e. The summed E-state index contributed by atoms with van der Waals surface area (Å²) >= 11 is 0. The zero-order chi connectivity index (χ0) is 12.1. The van der Waals surface area contributed by atoms with E-state index in [-0.39, 0.29) is 18.2 Å². The third kappa shape index (κ3) is 2.97. The monoisotopic (exact) mass is 223 g/mol. The highest BCUT2D eigenvalue weighted by atomic mass is 16.4. The van der Waals surface area contributed by atoms with Crippen LogP contribution < -0.4 is 5.32 Å². The Labute approximate surface area is 94.9 Å². The molecule has 1 atom stereocenters. The minimum atomic E-state index is -0.927. The topological polar surface area (TPSA) is 69.6 Å². The van der Waals surface area contributed by atoms with Crippen molar-refractivity contribution in [1.29, 1.82) is 0 Å². The van der Waals surface area contributed by atoms with E-state index in [2.05, 4.69) is 5.32 Å². The third-order valence-electron chi connectivity index (χ3n) is 2.55. The molecule has 4 nitrogen and oxygen atoms in total. The van der Waals surface area contributed by atoms with Crippen molar-refractivity contribution < 1.29 is 15.0 Å². The lowest BCUT2D eigenvalue weighted by atomic mass is 10.1. The lowest BCUT2D eigenvalue weighted by Crippen LogP contribution is -2.23. The Morgan fingerprint density at radius 1 is 1.50 bits per heavy atom. The van der Waals surface area contributed by atoms with Crippen LogP contribution in [0.1, 0.15) is 29.3 Å². The quantitative estimate of drug-likeness (QED) is 0.712. The molecule has 0 saturated carbocycles. The Bertz CT molecular complexity index is 373. The highest BCUT2D eigenvalue weighted by molar-refractivity contribution is 5.88. The van der Waals surface area contributed by atoms with E-state index in [1.807, 2.05) is 13.8 Å². The molecule has 16 heavy (non-hydrogen) atoms. The van der Waals surface area contributed by atoms with E-state index in [1.54, 1.807) is 18.2 Å². The molecule has 3 N–H and O–H groups in total. The van der Waals surface area contributed by atoms with Crippen LogP contribution in [0.5, 0.6) is 0 Å². The van der Waals surface area contributed by atoms with Crippen LogP contribution in [0, 0.1) is 6.92 Å². The first-order chi connectivity index (χ1) is 7.58. The SMILES string of the molecule is CCC(CO)Nc1ccc(C(=O)O)cc1C. The number of aromatic carboxylic acids is 1. The lowest BCUT2D eigenvalue weighted by molar-refractivity contribution is 0.0697. The van der Waals surface area contributed by atoms with Gasteiger partial charge in [-0.2, -0.15) is 0 Å². The van der Waals surface area contributed by atoms with E-state index >= 15 is 0 Å². The van der Waals surface area contributed by atoms with E-state index in [4.69, 9.17) is 10.2 Å². The van der Waals surface area contributed by atoms with Crippen LogP contribution in [0.3, 0.4) is 0 Å². The minimum absolute atomic E-state index is 0.00868. The van der Waals surface area contributed by atoms with Gasteiger partial charge in [0.05, 0.1) is 12.2 Å². The maximum atomic E-state index is 10.7. The molecule has 0 heterocycles. The number of hydrogen-bond donors (Lipinski definition) is 3. The van der Waals surface area contributed by atoms with Crippen LogP contribution in [0.15, 0.2) is 18.2 Å². The van der Waals surface area contributed by atoms with Gasteiger partial charge in [-0.25, -0.2) is 4.79 Å². The molecule has 0 amide bonds. The van der Waals surface area contributed by atoms with Gasteiger partial charge in [-0.05, 0) is 37.1 Å². The van der Waals surface area contributed by atoms with Crippen LogP contribution in [-0.2, 0) is 0 Å². The van der Waals surface area contributed by atoms with Crippen molar-refractivity contribution in [3.63, 3.8) is 0 Å². The standard InChI is InChI=1S/C12H17NO3/c1-3-10(7-14)13-11-5-4-9(12(15)16)6-8(11)2/h4-6,10,13-14H,3,7H2,1-2H3,(H,15,16). The molecule has 0 bridgehead atoms. The molecule has 88 valence electrons. The lowest BCUT2D eigenvalue weighted by Gasteiger charge is -2.17. The summed E-state index contributed by atoms with van der Waals surface area (Å²) in [4.78, 5) is 10.7. The smallest absolute Gasteiger partial charge is 0.335 e. The highest BCUT2D eigenvalue weighted by Crippen LogP contribution is 2.18.